The van der Waals surface area contributed by atoms with Crippen LogP contribution >= 0.6 is 23.2 Å². The molecule has 0 radical (unpaired) electrons. The van der Waals surface area contributed by atoms with Gasteiger partial charge in [-0.05, 0) is 47.5 Å². The minimum atomic E-state index is -2.70. The van der Waals surface area contributed by atoms with Crippen LogP contribution in [0.15, 0.2) is 36.4 Å². The Hall–Kier alpha value is -1.19. The molecule has 0 spiro atoms. The van der Waals surface area contributed by atoms with Crippen LogP contribution in [0.5, 0.6) is 0 Å². The lowest BCUT2D eigenvalue weighted by molar-refractivity contribution is 0.152. The molecule has 0 saturated carbocycles. The monoisotopic (exact) mass is 290 g/mol. The summed E-state index contributed by atoms with van der Waals surface area (Å²) in [7, 11) is 0. The van der Waals surface area contributed by atoms with Gasteiger partial charge in [0.25, 0.3) is 6.43 Å². The lowest BCUT2D eigenvalue weighted by Gasteiger charge is -2.10. The molecule has 0 aliphatic heterocycles. The summed E-state index contributed by atoms with van der Waals surface area (Å²) in [5, 5.41) is 0.615. The van der Waals surface area contributed by atoms with E-state index in [1.54, 1.807) is 0 Å². The largest absolute Gasteiger partial charge is 0.264 e. The Balaban J connectivity index is 2.65. The van der Waals surface area contributed by atoms with Gasteiger partial charge in [-0.1, -0.05) is 23.2 Å². The maximum Gasteiger partial charge on any atom is 0.264 e. The van der Waals surface area contributed by atoms with Crippen molar-refractivity contribution >= 4 is 23.2 Å². The number of alkyl halides is 2. The van der Waals surface area contributed by atoms with Crippen molar-refractivity contribution in [1.82, 2.24) is 0 Å². The first-order valence-electron chi connectivity index (χ1n) is 5.01. The van der Waals surface area contributed by atoms with E-state index in [1.165, 1.54) is 18.2 Å². The van der Waals surface area contributed by atoms with Crippen molar-refractivity contribution in [2.24, 2.45) is 0 Å². The van der Waals surface area contributed by atoms with E-state index in [2.05, 4.69) is 0 Å². The minimum Gasteiger partial charge on any atom is -0.207 e. The maximum atomic E-state index is 13.2. The maximum absolute atomic E-state index is 13.2. The van der Waals surface area contributed by atoms with Crippen LogP contribution in [0.1, 0.15) is 12.0 Å². The molecule has 0 atom stereocenters. The lowest BCUT2D eigenvalue weighted by atomic mass is 10.00. The Morgan fingerprint density at radius 1 is 0.889 bits per heavy atom. The van der Waals surface area contributed by atoms with E-state index in [0.717, 1.165) is 18.2 Å². The van der Waals surface area contributed by atoms with E-state index in [1.807, 2.05) is 0 Å². The number of hydrogen-bond donors (Lipinski definition) is 0. The minimum absolute atomic E-state index is 0.0920. The molecule has 18 heavy (non-hydrogen) atoms. The summed E-state index contributed by atoms with van der Waals surface area (Å²) in [6.45, 7) is 0. The summed E-state index contributed by atoms with van der Waals surface area (Å²) < 4.78 is 38.9. The van der Waals surface area contributed by atoms with Crippen molar-refractivity contribution in [2.45, 2.75) is 6.43 Å². The fourth-order valence-corrected chi connectivity index (χ4v) is 2.20. The Kier molecular flexibility index (Phi) is 3.83. The molecule has 5 heteroatoms. The molecule has 0 amide bonds. The van der Waals surface area contributed by atoms with Crippen LogP contribution in [0.4, 0.5) is 13.2 Å². The van der Waals surface area contributed by atoms with Gasteiger partial charge in [0.05, 0.1) is 0 Å². The number of rotatable bonds is 2. The second kappa shape index (κ2) is 5.21. The van der Waals surface area contributed by atoms with Crippen molar-refractivity contribution in [3.8, 4) is 11.1 Å². The third-order valence-electron chi connectivity index (χ3n) is 2.42. The molecule has 0 fully saturated rings. The predicted molar refractivity (Wildman–Crippen MR) is 66.8 cm³/mol. The van der Waals surface area contributed by atoms with Gasteiger partial charge in [-0.25, -0.2) is 13.2 Å². The van der Waals surface area contributed by atoms with Crippen LogP contribution in [0, 0.1) is 5.82 Å². The van der Waals surface area contributed by atoms with E-state index < -0.39 is 12.2 Å². The van der Waals surface area contributed by atoms with E-state index >= 15 is 0 Å². The summed E-state index contributed by atoms with van der Waals surface area (Å²) in [5.41, 5.74) is 0.200. The Morgan fingerprint density at radius 3 is 2.06 bits per heavy atom. The van der Waals surface area contributed by atoms with Gasteiger partial charge in [0.15, 0.2) is 0 Å². The second-order valence-corrected chi connectivity index (χ2v) is 4.56. The summed E-state index contributed by atoms with van der Waals surface area (Å²) in [4.78, 5) is 0. The summed E-state index contributed by atoms with van der Waals surface area (Å²) in [6.07, 6.45) is -2.70. The topological polar surface area (TPSA) is 0 Å². The van der Waals surface area contributed by atoms with E-state index in [9.17, 15) is 13.2 Å². The molecule has 2 aromatic carbocycles. The summed E-state index contributed by atoms with van der Waals surface area (Å²) in [5.74, 6) is -0.592. The molecule has 0 unspecified atom stereocenters. The molecular formula is C13H7Cl2F3. The normalized spacial score (nSPS) is 11.0. The van der Waals surface area contributed by atoms with Gasteiger partial charge >= 0.3 is 0 Å². The van der Waals surface area contributed by atoms with Gasteiger partial charge in [0, 0.05) is 15.6 Å². The Bertz CT molecular complexity index is 562. The highest BCUT2D eigenvalue weighted by molar-refractivity contribution is 6.35. The summed E-state index contributed by atoms with van der Waals surface area (Å²) in [6, 6.07) is 7.51. The fourth-order valence-electron chi connectivity index (χ4n) is 1.68. The molecule has 0 aliphatic rings. The highest BCUT2D eigenvalue weighted by Crippen LogP contribution is 2.34. The number of hydrogen-bond acceptors (Lipinski definition) is 0. The van der Waals surface area contributed by atoms with Crippen molar-refractivity contribution in [1.29, 1.82) is 0 Å². The molecule has 2 rings (SSSR count). The van der Waals surface area contributed by atoms with Crippen molar-refractivity contribution in [3.63, 3.8) is 0 Å². The smallest absolute Gasteiger partial charge is 0.207 e. The predicted octanol–water partition coefficient (Wildman–Crippen LogP) is 5.74. The molecule has 0 saturated heterocycles. The Labute approximate surface area is 112 Å². The zero-order valence-electron chi connectivity index (χ0n) is 8.93. The van der Waals surface area contributed by atoms with E-state index in [-0.39, 0.29) is 11.1 Å². The molecule has 2 aromatic rings. The number of benzene rings is 2. The van der Waals surface area contributed by atoms with Gasteiger partial charge < -0.3 is 0 Å². The van der Waals surface area contributed by atoms with Crippen LogP contribution in [0.25, 0.3) is 11.1 Å². The third kappa shape index (κ3) is 2.79. The average Bonchev–Trinajstić information content (AvgIpc) is 2.27. The molecule has 0 N–H and O–H groups in total. The van der Waals surface area contributed by atoms with Crippen LogP contribution in [0.2, 0.25) is 10.0 Å². The highest BCUT2D eigenvalue weighted by Gasteiger charge is 2.15. The van der Waals surface area contributed by atoms with Gasteiger partial charge in [-0.3, -0.25) is 0 Å². The first-order chi connectivity index (χ1) is 8.47. The van der Waals surface area contributed by atoms with Gasteiger partial charge in [-0.15, -0.1) is 0 Å². The fraction of sp³-hybridized carbons (Fsp3) is 0.0769. The number of halogens is 5. The highest BCUT2D eigenvalue weighted by atomic mass is 35.5. The average molecular weight is 291 g/mol. The van der Waals surface area contributed by atoms with Crippen LogP contribution in [0.3, 0.4) is 0 Å². The molecule has 94 valence electrons. The SMILES string of the molecule is Fc1ccc(C(F)F)c(-c2cc(Cl)cc(Cl)c2)c1. The van der Waals surface area contributed by atoms with E-state index in [4.69, 9.17) is 23.2 Å². The molecule has 0 aromatic heterocycles. The molecular weight excluding hydrogens is 284 g/mol. The van der Waals surface area contributed by atoms with E-state index in [0.29, 0.717) is 15.6 Å². The van der Waals surface area contributed by atoms with Crippen molar-refractivity contribution in [3.05, 3.63) is 57.8 Å². The molecule has 0 aliphatic carbocycles. The van der Waals surface area contributed by atoms with Crippen LogP contribution in [-0.2, 0) is 0 Å². The summed E-state index contributed by atoms with van der Waals surface area (Å²) >= 11 is 11.6. The van der Waals surface area contributed by atoms with Gasteiger partial charge in [0.2, 0.25) is 0 Å². The molecule has 0 heterocycles. The lowest BCUT2D eigenvalue weighted by Crippen LogP contribution is -1.92. The first kappa shape index (κ1) is 13.2. The second-order valence-electron chi connectivity index (χ2n) is 3.69. The first-order valence-corrected chi connectivity index (χ1v) is 5.77. The quantitative estimate of drug-likeness (QED) is 0.662. The zero-order valence-corrected chi connectivity index (χ0v) is 10.4. The third-order valence-corrected chi connectivity index (χ3v) is 2.86. The zero-order chi connectivity index (χ0) is 13.3. The van der Waals surface area contributed by atoms with Crippen LogP contribution in [-0.4, -0.2) is 0 Å². The standard InChI is InChI=1S/C13H7Cl2F3/c14-8-3-7(4-9(15)5-8)12-6-10(16)1-2-11(12)13(17)18/h1-6,13H. The van der Waals surface area contributed by atoms with Gasteiger partial charge in [0.1, 0.15) is 5.82 Å². The van der Waals surface area contributed by atoms with Crippen molar-refractivity contribution in [2.75, 3.05) is 0 Å². The molecule has 0 nitrogen and oxygen atoms in total. The van der Waals surface area contributed by atoms with Gasteiger partial charge in [-0.2, -0.15) is 0 Å². The Morgan fingerprint density at radius 2 is 1.50 bits per heavy atom. The molecule has 0 bridgehead atoms. The van der Waals surface area contributed by atoms with Crippen LogP contribution < -0.4 is 0 Å². The van der Waals surface area contributed by atoms with Crippen molar-refractivity contribution < 1.29 is 13.2 Å².